The van der Waals surface area contributed by atoms with Crippen molar-refractivity contribution >= 4 is 0 Å². The van der Waals surface area contributed by atoms with E-state index in [2.05, 4.69) is 0 Å². The van der Waals surface area contributed by atoms with Gasteiger partial charge in [0.15, 0.2) is 0 Å². The summed E-state index contributed by atoms with van der Waals surface area (Å²) >= 11 is 0. The highest BCUT2D eigenvalue weighted by atomic mass is 19.3. The molecular formula is C11H15F2NO. The van der Waals surface area contributed by atoms with Gasteiger partial charge < -0.3 is 10.5 Å². The number of ether oxygens (including phenoxy) is 1. The molecule has 0 aromatic heterocycles. The van der Waals surface area contributed by atoms with Gasteiger partial charge in [0.1, 0.15) is 6.61 Å². The Hall–Kier alpha value is -1.00. The number of hydrogen-bond acceptors (Lipinski definition) is 2. The van der Waals surface area contributed by atoms with Crippen molar-refractivity contribution in [3.8, 4) is 0 Å². The highest BCUT2D eigenvalue weighted by Crippen LogP contribution is 2.17. The third-order valence-corrected chi connectivity index (χ3v) is 2.09. The molecule has 1 aromatic rings. The van der Waals surface area contributed by atoms with E-state index < -0.39 is 19.1 Å². The maximum atomic E-state index is 11.9. The lowest BCUT2D eigenvalue weighted by Gasteiger charge is -2.16. The zero-order valence-corrected chi connectivity index (χ0v) is 8.62. The molecule has 4 heteroatoms. The van der Waals surface area contributed by atoms with Crippen molar-refractivity contribution in [3.63, 3.8) is 0 Å². The standard InChI is InChI=1S/C11H15F2NO/c1-8-2-4-9(5-3-8)10(6-14)15-7-11(12)13/h2-5,10-11H,6-7,14H2,1H3. The van der Waals surface area contributed by atoms with Crippen LogP contribution in [0, 0.1) is 6.92 Å². The van der Waals surface area contributed by atoms with Gasteiger partial charge in [-0.3, -0.25) is 0 Å². The number of benzene rings is 1. The minimum atomic E-state index is -2.45. The van der Waals surface area contributed by atoms with Gasteiger partial charge in [0.05, 0.1) is 6.10 Å². The fourth-order valence-corrected chi connectivity index (χ4v) is 1.27. The van der Waals surface area contributed by atoms with Crippen molar-refractivity contribution in [1.82, 2.24) is 0 Å². The molecule has 0 amide bonds. The minimum Gasteiger partial charge on any atom is -0.366 e. The van der Waals surface area contributed by atoms with Crippen molar-refractivity contribution in [2.75, 3.05) is 13.2 Å². The van der Waals surface area contributed by atoms with Crippen LogP contribution in [0.3, 0.4) is 0 Å². The van der Waals surface area contributed by atoms with E-state index in [4.69, 9.17) is 10.5 Å². The summed E-state index contributed by atoms with van der Waals surface area (Å²) < 4.78 is 28.9. The van der Waals surface area contributed by atoms with E-state index in [0.29, 0.717) is 0 Å². The van der Waals surface area contributed by atoms with Gasteiger partial charge in [-0.05, 0) is 12.5 Å². The average molecular weight is 215 g/mol. The molecule has 2 nitrogen and oxygen atoms in total. The van der Waals surface area contributed by atoms with Crippen molar-refractivity contribution in [2.45, 2.75) is 19.5 Å². The molecule has 0 spiro atoms. The molecule has 1 aromatic carbocycles. The van der Waals surface area contributed by atoms with E-state index >= 15 is 0 Å². The van der Waals surface area contributed by atoms with Gasteiger partial charge in [-0.1, -0.05) is 29.8 Å². The van der Waals surface area contributed by atoms with Crippen LogP contribution in [-0.4, -0.2) is 19.6 Å². The molecule has 0 saturated carbocycles. The van der Waals surface area contributed by atoms with Crippen LogP contribution in [0.4, 0.5) is 8.78 Å². The van der Waals surface area contributed by atoms with Crippen LogP contribution >= 0.6 is 0 Å². The van der Waals surface area contributed by atoms with Crippen LogP contribution in [-0.2, 0) is 4.74 Å². The summed E-state index contributed by atoms with van der Waals surface area (Å²) in [6, 6.07) is 7.50. The van der Waals surface area contributed by atoms with Gasteiger partial charge in [0.25, 0.3) is 6.43 Å². The van der Waals surface area contributed by atoms with Crippen LogP contribution in [0.25, 0.3) is 0 Å². The molecule has 0 saturated heterocycles. The molecule has 0 fully saturated rings. The molecule has 0 bridgehead atoms. The largest absolute Gasteiger partial charge is 0.366 e. The fraction of sp³-hybridized carbons (Fsp3) is 0.455. The Kier molecular flexibility index (Phi) is 4.65. The Morgan fingerprint density at radius 3 is 2.33 bits per heavy atom. The molecule has 0 aliphatic heterocycles. The van der Waals surface area contributed by atoms with E-state index in [1.165, 1.54) is 0 Å². The minimum absolute atomic E-state index is 0.204. The van der Waals surface area contributed by atoms with Crippen molar-refractivity contribution in [3.05, 3.63) is 35.4 Å². The zero-order valence-electron chi connectivity index (χ0n) is 8.62. The first kappa shape index (κ1) is 12.1. The smallest absolute Gasteiger partial charge is 0.261 e. The third-order valence-electron chi connectivity index (χ3n) is 2.09. The van der Waals surface area contributed by atoms with E-state index in [9.17, 15) is 8.78 Å². The zero-order chi connectivity index (χ0) is 11.3. The first-order valence-electron chi connectivity index (χ1n) is 4.80. The molecule has 2 N–H and O–H groups in total. The molecule has 15 heavy (non-hydrogen) atoms. The number of rotatable bonds is 5. The summed E-state index contributed by atoms with van der Waals surface area (Å²) in [6.07, 6.45) is -2.90. The van der Waals surface area contributed by atoms with E-state index in [-0.39, 0.29) is 6.54 Å². The first-order valence-corrected chi connectivity index (χ1v) is 4.80. The SMILES string of the molecule is Cc1ccc(C(CN)OCC(F)F)cc1. The summed E-state index contributed by atoms with van der Waals surface area (Å²) in [4.78, 5) is 0. The van der Waals surface area contributed by atoms with Crippen LogP contribution in [0.2, 0.25) is 0 Å². The maximum absolute atomic E-state index is 11.9. The molecule has 0 aliphatic carbocycles. The van der Waals surface area contributed by atoms with Crippen molar-refractivity contribution in [2.24, 2.45) is 5.73 Å². The molecule has 0 heterocycles. The van der Waals surface area contributed by atoms with Crippen LogP contribution in [0.15, 0.2) is 24.3 Å². The lowest BCUT2D eigenvalue weighted by atomic mass is 10.1. The Balaban J connectivity index is 2.61. The summed E-state index contributed by atoms with van der Waals surface area (Å²) in [6.45, 7) is 1.59. The predicted octanol–water partition coefficient (Wildman–Crippen LogP) is 2.28. The Labute approximate surface area is 88.0 Å². The topological polar surface area (TPSA) is 35.2 Å². The summed E-state index contributed by atoms with van der Waals surface area (Å²) in [7, 11) is 0. The second-order valence-electron chi connectivity index (χ2n) is 3.36. The van der Waals surface area contributed by atoms with Crippen LogP contribution < -0.4 is 5.73 Å². The fourth-order valence-electron chi connectivity index (χ4n) is 1.27. The average Bonchev–Trinajstić information content (AvgIpc) is 2.21. The monoisotopic (exact) mass is 215 g/mol. The molecule has 0 radical (unpaired) electrons. The highest BCUT2D eigenvalue weighted by Gasteiger charge is 2.12. The molecule has 1 atom stereocenters. The quantitative estimate of drug-likeness (QED) is 0.817. The van der Waals surface area contributed by atoms with E-state index in [1.54, 1.807) is 0 Å². The number of aryl methyl sites for hydroxylation is 1. The summed E-state index contributed by atoms with van der Waals surface area (Å²) in [5.41, 5.74) is 7.41. The summed E-state index contributed by atoms with van der Waals surface area (Å²) in [5, 5.41) is 0. The van der Waals surface area contributed by atoms with Gasteiger partial charge in [-0.25, -0.2) is 8.78 Å². The van der Waals surface area contributed by atoms with E-state index in [0.717, 1.165) is 11.1 Å². The number of alkyl halides is 2. The second kappa shape index (κ2) is 5.78. The van der Waals surface area contributed by atoms with E-state index in [1.807, 2.05) is 31.2 Å². The van der Waals surface area contributed by atoms with Crippen molar-refractivity contribution in [1.29, 1.82) is 0 Å². The van der Waals surface area contributed by atoms with Crippen LogP contribution in [0.1, 0.15) is 17.2 Å². The molecule has 1 rings (SSSR count). The van der Waals surface area contributed by atoms with Gasteiger partial charge >= 0.3 is 0 Å². The molecule has 0 aliphatic rings. The number of hydrogen-bond donors (Lipinski definition) is 1. The maximum Gasteiger partial charge on any atom is 0.261 e. The molecule has 84 valence electrons. The molecular weight excluding hydrogens is 200 g/mol. The lowest BCUT2D eigenvalue weighted by molar-refractivity contribution is -0.0216. The van der Waals surface area contributed by atoms with Crippen molar-refractivity contribution < 1.29 is 13.5 Å². The van der Waals surface area contributed by atoms with Gasteiger partial charge in [0, 0.05) is 6.54 Å². The van der Waals surface area contributed by atoms with Crippen LogP contribution in [0.5, 0.6) is 0 Å². The first-order chi connectivity index (χ1) is 7.13. The molecule has 1 unspecified atom stereocenters. The second-order valence-corrected chi connectivity index (χ2v) is 3.36. The third kappa shape index (κ3) is 3.93. The Morgan fingerprint density at radius 1 is 1.27 bits per heavy atom. The Bertz CT molecular complexity index is 287. The normalized spacial score (nSPS) is 13.1. The lowest BCUT2D eigenvalue weighted by Crippen LogP contribution is -2.18. The highest BCUT2D eigenvalue weighted by molar-refractivity contribution is 5.23. The Morgan fingerprint density at radius 2 is 1.87 bits per heavy atom. The predicted molar refractivity (Wildman–Crippen MR) is 54.9 cm³/mol. The summed E-state index contributed by atoms with van der Waals surface area (Å²) in [5.74, 6) is 0. The number of halogens is 2. The van der Waals surface area contributed by atoms with Gasteiger partial charge in [-0.2, -0.15) is 0 Å². The van der Waals surface area contributed by atoms with Gasteiger partial charge in [0.2, 0.25) is 0 Å². The number of nitrogens with two attached hydrogens (primary N) is 1. The van der Waals surface area contributed by atoms with Gasteiger partial charge in [-0.15, -0.1) is 0 Å².